The normalized spacial score (nSPS) is 16.1. The third-order valence-electron chi connectivity index (χ3n) is 8.23. The molecule has 0 saturated heterocycles. The summed E-state index contributed by atoms with van der Waals surface area (Å²) in [4.78, 5) is 0. The molecule has 0 spiro atoms. The van der Waals surface area contributed by atoms with Crippen LogP contribution in [-0.2, 0) is 17.1 Å². The van der Waals surface area contributed by atoms with Crippen molar-refractivity contribution >= 4 is 42.4 Å². The molecule has 1 unspecified atom stereocenters. The fourth-order valence-electron chi connectivity index (χ4n) is 6.05. The Morgan fingerprint density at radius 1 is 0.458 bits per heavy atom. The van der Waals surface area contributed by atoms with Crippen molar-refractivity contribution in [3.05, 3.63) is 214 Å². The molecule has 1 nitrogen and oxygen atoms in total. The predicted octanol–water partition coefficient (Wildman–Crippen LogP) is 8.39. The van der Waals surface area contributed by atoms with E-state index in [1.54, 1.807) is 0 Å². The van der Waals surface area contributed by atoms with Gasteiger partial charge >= 0.3 is 17.1 Å². The molecule has 0 amide bonds. The van der Waals surface area contributed by atoms with Gasteiger partial charge in [0.1, 0.15) is 0 Å². The zero-order valence-electron chi connectivity index (χ0n) is 27.2. The molecule has 0 aliphatic heterocycles. The summed E-state index contributed by atoms with van der Waals surface area (Å²) in [5, 5.41) is 18.9. The van der Waals surface area contributed by atoms with Crippen LogP contribution in [0, 0.1) is 68.4 Å². The summed E-state index contributed by atoms with van der Waals surface area (Å²) in [7, 11) is -1.73. The van der Waals surface area contributed by atoms with Crippen LogP contribution in [0.3, 0.4) is 0 Å². The maximum atomic E-state index is 12.6. The van der Waals surface area contributed by atoms with Gasteiger partial charge < -0.3 is 5.11 Å². The molecule has 48 heavy (non-hydrogen) atoms. The minimum absolute atomic E-state index is 0. The van der Waals surface area contributed by atoms with Crippen LogP contribution in [0.1, 0.15) is 25.5 Å². The van der Waals surface area contributed by atoms with Gasteiger partial charge in [0.05, 0.1) is 6.10 Å². The Bertz CT molecular complexity index is 1540. The summed E-state index contributed by atoms with van der Waals surface area (Å²) >= 11 is 0. The van der Waals surface area contributed by atoms with Crippen molar-refractivity contribution in [1.29, 1.82) is 0 Å². The van der Waals surface area contributed by atoms with Crippen molar-refractivity contribution in [1.82, 2.24) is 0 Å². The molecule has 7 rings (SSSR count). The molecule has 238 valence electrons. The van der Waals surface area contributed by atoms with E-state index in [1.807, 2.05) is 32.1 Å². The maximum Gasteiger partial charge on any atom is 2.00 e. The van der Waals surface area contributed by atoms with Crippen molar-refractivity contribution < 1.29 is 22.2 Å². The predicted molar refractivity (Wildman–Crippen MR) is 204 cm³/mol. The SMILES string of the molecule is CC(C)[C]1[CH][CH][C](P(c2ccccc2)c2ccccc2)[C]1C(O)c1ccccc1P(c1ccccc1)c1ccccc1.[CH]1[CH][CH][CH][CH]1.[Fe+2]. The molecule has 10 radical (unpaired) electrons. The molecule has 0 bridgehead atoms. The Hall–Kier alpha value is -2.56. The molecule has 2 fully saturated rings. The third kappa shape index (κ3) is 8.77. The Kier molecular flexibility index (Phi) is 14.1. The Morgan fingerprint density at radius 2 is 0.833 bits per heavy atom. The molecule has 4 heteroatoms. The average molecular weight is 703 g/mol. The molecule has 2 aliphatic carbocycles. The summed E-state index contributed by atoms with van der Waals surface area (Å²) in [6.07, 6.45) is 13.8. The Morgan fingerprint density at radius 3 is 1.25 bits per heavy atom. The maximum absolute atomic E-state index is 12.6. The molecule has 1 N–H and O–H groups in total. The summed E-state index contributed by atoms with van der Waals surface area (Å²) in [5.41, 5.74) is 2.22. The van der Waals surface area contributed by atoms with Crippen LogP contribution < -0.4 is 26.5 Å². The van der Waals surface area contributed by atoms with E-state index in [2.05, 4.69) is 172 Å². The largest absolute Gasteiger partial charge is 2.00 e. The monoisotopic (exact) mass is 702 g/mol. The molecule has 0 heterocycles. The number of aliphatic hydroxyl groups excluding tert-OH is 1. The number of benzene rings is 5. The minimum atomic E-state index is -0.867. The van der Waals surface area contributed by atoms with Gasteiger partial charge in [0.15, 0.2) is 0 Å². The first kappa shape index (κ1) is 36.7. The number of hydrogen-bond acceptors (Lipinski definition) is 1. The average Bonchev–Trinajstić information content (AvgIpc) is 3.86. The number of hydrogen-bond donors (Lipinski definition) is 1. The van der Waals surface area contributed by atoms with Crippen molar-refractivity contribution in [2.45, 2.75) is 20.0 Å². The minimum Gasteiger partial charge on any atom is -0.388 e. The van der Waals surface area contributed by atoms with E-state index >= 15 is 0 Å². The van der Waals surface area contributed by atoms with Gasteiger partial charge in [0, 0.05) is 11.6 Å². The second-order valence-corrected chi connectivity index (χ2v) is 16.0. The molecule has 1 atom stereocenters. The molecular formula is C44H40FeOP2+2. The van der Waals surface area contributed by atoms with E-state index in [4.69, 9.17) is 0 Å². The first-order chi connectivity index (χ1) is 23.1. The van der Waals surface area contributed by atoms with Gasteiger partial charge in [-0.2, -0.15) is 0 Å². The quantitative estimate of drug-likeness (QED) is 0.121. The second-order valence-electron chi connectivity index (χ2n) is 11.7. The van der Waals surface area contributed by atoms with Crippen molar-refractivity contribution in [3.8, 4) is 0 Å². The van der Waals surface area contributed by atoms with Crippen molar-refractivity contribution in [3.63, 3.8) is 0 Å². The molecule has 2 saturated carbocycles. The Balaban J connectivity index is 0.000000689. The summed E-state index contributed by atoms with van der Waals surface area (Å²) in [6.45, 7) is 4.46. The van der Waals surface area contributed by atoms with Crippen molar-refractivity contribution in [2.24, 2.45) is 5.92 Å². The first-order valence-corrected chi connectivity index (χ1v) is 18.9. The van der Waals surface area contributed by atoms with Crippen LogP contribution in [0.2, 0.25) is 0 Å². The summed E-state index contributed by atoms with van der Waals surface area (Å²) in [5.74, 6) is 2.56. The van der Waals surface area contributed by atoms with Gasteiger partial charge in [-0.15, -0.1) is 0 Å². The van der Waals surface area contributed by atoms with Gasteiger partial charge in [0.2, 0.25) is 0 Å². The van der Waals surface area contributed by atoms with E-state index in [-0.39, 0.29) is 23.0 Å². The second kappa shape index (κ2) is 18.4. The number of rotatable bonds is 9. The topological polar surface area (TPSA) is 20.2 Å². The van der Waals surface area contributed by atoms with E-state index in [0.29, 0.717) is 0 Å². The molecule has 5 aromatic rings. The molecular weight excluding hydrogens is 662 g/mol. The molecule has 5 aromatic carbocycles. The van der Waals surface area contributed by atoms with Crippen LogP contribution in [0.15, 0.2) is 146 Å². The molecule has 0 aromatic heterocycles. The Labute approximate surface area is 302 Å². The summed E-state index contributed by atoms with van der Waals surface area (Å²) in [6, 6.07) is 51.6. The van der Waals surface area contributed by atoms with Gasteiger partial charge in [-0.1, -0.05) is 159 Å². The summed E-state index contributed by atoms with van der Waals surface area (Å²) < 4.78 is 0. The van der Waals surface area contributed by atoms with Gasteiger partial charge in [0.25, 0.3) is 0 Å². The van der Waals surface area contributed by atoms with Crippen LogP contribution >= 0.6 is 15.8 Å². The van der Waals surface area contributed by atoms with Crippen LogP contribution in [0.25, 0.3) is 0 Å². The van der Waals surface area contributed by atoms with E-state index < -0.39 is 21.9 Å². The fraction of sp³-hybridized carbons (Fsp3) is 0.0909. The number of aliphatic hydroxyl groups is 1. The van der Waals surface area contributed by atoms with E-state index in [1.165, 1.54) is 38.1 Å². The van der Waals surface area contributed by atoms with Gasteiger partial charge in [-0.05, 0) is 105 Å². The van der Waals surface area contributed by atoms with Crippen LogP contribution in [0.4, 0.5) is 0 Å². The first-order valence-electron chi connectivity index (χ1n) is 16.2. The van der Waals surface area contributed by atoms with E-state index in [9.17, 15) is 5.11 Å². The zero-order valence-corrected chi connectivity index (χ0v) is 30.1. The fourth-order valence-corrected chi connectivity index (χ4v) is 11.1. The zero-order chi connectivity index (χ0) is 32.4. The van der Waals surface area contributed by atoms with Crippen LogP contribution in [0.5, 0.6) is 0 Å². The van der Waals surface area contributed by atoms with E-state index in [0.717, 1.165) is 11.5 Å². The van der Waals surface area contributed by atoms with Gasteiger partial charge in [-0.25, -0.2) is 0 Å². The van der Waals surface area contributed by atoms with Crippen molar-refractivity contribution in [2.75, 3.05) is 0 Å². The third-order valence-corrected chi connectivity index (χ3v) is 13.2. The smallest absolute Gasteiger partial charge is 0.388 e. The molecule has 2 aliphatic rings. The standard InChI is InChI=1S/C39H35OP2.C5H5.Fe/c1-29(2)34-27-28-37(42(32-21-11-5-12-22-32)33-23-13-6-14-24-33)38(34)39(40)35-25-15-16-26-36(35)41(30-17-7-3-8-18-30)31-19-9-4-10-20-31;1-2-4-5-3-1;/h3-29,39-40H,1-2H3;1-5H;/q;;+2. The van der Waals surface area contributed by atoms with Gasteiger partial charge in [-0.3, -0.25) is 0 Å². The van der Waals surface area contributed by atoms with Crippen LogP contribution in [-0.4, -0.2) is 5.11 Å².